The second kappa shape index (κ2) is 6.02. The van der Waals surface area contributed by atoms with E-state index in [1.165, 1.54) is 0 Å². The van der Waals surface area contributed by atoms with Crippen molar-refractivity contribution in [3.8, 4) is 0 Å². The van der Waals surface area contributed by atoms with Crippen molar-refractivity contribution in [2.24, 2.45) is 0 Å². The molecule has 112 valence electrons. The van der Waals surface area contributed by atoms with Crippen molar-refractivity contribution in [3.63, 3.8) is 0 Å². The zero-order valence-corrected chi connectivity index (χ0v) is 11.5. The molecule has 1 unspecified atom stereocenters. The second-order valence-electron chi connectivity index (χ2n) is 4.71. The largest absolute Gasteiger partial charge is 0.395 e. The van der Waals surface area contributed by atoms with Crippen molar-refractivity contribution >= 4 is 15.9 Å². The van der Waals surface area contributed by atoms with E-state index in [1.807, 2.05) is 0 Å². The molecule has 1 aromatic carbocycles. The Kier molecular flexibility index (Phi) is 4.56. The number of halogens is 2. The number of rotatable bonds is 4. The molecule has 0 bridgehead atoms. The second-order valence-corrected chi connectivity index (χ2v) is 6.33. The first kappa shape index (κ1) is 15.1. The molecule has 1 aromatic rings. The summed E-state index contributed by atoms with van der Waals surface area (Å²) in [7, 11) is -3.94. The number of aliphatic hydroxyl groups excluding tert-OH is 1. The average molecular weight is 306 g/mol. The highest BCUT2D eigenvalue weighted by Gasteiger charge is 2.31. The summed E-state index contributed by atoms with van der Waals surface area (Å²) >= 11 is 0. The lowest BCUT2D eigenvalue weighted by Crippen LogP contribution is -2.47. The predicted molar refractivity (Wildman–Crippen MR) is 70.3 cm³/mol. The molecule has 5 nitrogen and oxygen atoms in total. The van der Waals surface area contributed by atoms with Gasteiger partial charge >= 0.3 is 10.2 Å². The summed E-state index contributed by atoms with van der Waals surface area (Å²) in [6.45, 7) is -0.00319. The number of nitrogens with one attached hydrogen (secondary N) is 1. The van der Waals surface area contributed by atoms with Crippen LogP contribution in [0.4, 0.5) is 14.5 Å². The predicted octanol–water partition coefficient (Wildman–Crippen LogP) is 1.47. The molecule has 0 saturated carbocycles. The third kappa shape index (κ3) is 3.44. The normalized spacial score (nSPS) is 20.9. The van der Waals surface area contributed by atoms with Crippen LogP contribution in [0.2, 0.25) is 0 Å². The van der Waals surface area contributed by atoms with Gasteiger partial charge in [-0.2, -0.15) is 12.7 Å². The molecule has 0 aromatic heterocycles. The van der Waals surface area contributed by atoms with Gasteiger partial charge in [0.1, 0.15) is 11.6 Å². The number of aliphatic hydroxyl groups is 1. The minimum absolute atomic E-state index is 0.176. The fourth-order valence-electron chi connectivity index (χ4n) is 2.29. The molecule has 0 aliphatic carbocycles. The lowest BCUT2D eigenvalue weighted by Gasteiger charge is -2.33. The van der Waals surface area contributed by atoms with E-state index >= 15 is 0 Å². The number of anilines is 1. The quantitative estimate of drug-likeness (QED) is 0.885. The van der Waals surface area contributed by atoms with Crippen LogP contribution in [0.5, 0.6) is 0 Å². The molecule has 2 rings (SSSR count). The Bertz CT molecular complexity index is 560. The Morgan fingerprint density at radius 1 is 1.25 bits per heavy atom. The van der Waals surface area contributed by atoms with Crippen molar-refractivity contribution < 1.29 is 22.3 Å². The van der Waals surface area contributed by atoms with Crippen LogP contribution in [-0.4, -0.2) is 37.0 Å². The van der Waals surface area contributed by atoms with E-state index in [0.717, 1.165) is 22.9 Å². The van der Waals surface area contributed by atoms with E-state index in [2.05, 4.69) is 4.72 Å². The molecule has 1 saturated heterocycles. The van der Waals surface area contributed by atoms with Gasteiger partial charge in [-0.05, 0) is 25.0 Å². The molecule has 1 atom stereocenters. The summed E-state index contributed by atoms with van der Waals surface area (Å²) in [5.41, 5.74) is -0.176. The molecular formula is C12H16F2N2O3S. The van der Waals surface area contributed by atoms with Crippen molar-refractivity contribution in [1.29, 1.82) is 0 Å². The number of hydrogen-bond donors (Lipinski definition) is 2. The highest BCUT2D eigenvalue weighted by molar-refractivity contribution is 7.90. The van der Waals surface area contributed by atoms with E-state index in [9.17, 15) is 22.3 Å². The van der Waals surface area contributed by atoms with Crippen LogP contribution in [0.25, 0.3) is 0 Å². The maximum absolute atomic E-state index is 13.1. The summed E-state index contributed by atoms with van der Waals surface area (Å²) in [5.74, 6) is -1.72. The molecule has 8 heteroatoms. The molecule has 2 N–H and O–H groups in total. The first-order valence-corrected chi connectivity index (χ1v) is 7.73. The summed E-state index contributed by atoms with van der Waals surface area (Å²) in [4.78, 5) is 0. The molecule has 1 fully saturated rings. The lowest BCUT2D eigenvalue weighted by molar-refractivity contribution is 0.156. The van der Waals surface area contributed by atoms with Gasteiger partial charge < -0.3 is 5.11 Å². The molecule has 20 heavy (non-hydrogen) atoms. The summed E-state index contributed by atoms with van der Waals surface area (Å²) in [5, 5.41) is 9.23. The van der Waals surface area contributed by atoms with Gasteiger partial charge in [0.25, 0.3) is 0 Å². The third-order valence-electron chi connectivity index (χ3n) is 3.20. The molecule has 0 amide bonds. The van der Waals surface area contributed by atoms with Crippen LogP contribution >= 0.6 is 0 Å². The minimum atomic E-state index is -3.94. The monoisotopic (exact) mass is 306 g/mol. The number of piperidine rings is 1. The Morgan fingerprint density at radius 2 is 1.90 bits per heavy atom. The van der Waals surface area contributed by atoms with Crippen molar-refractivity contribution in [3.05, 3.63) is 29.8 Å². The van der Waals surface area contributed by atoms with Crippen LogP contribution in [0, 0.1) is 11.6 Å². The minimum Gasteiger partial charge on any atom is -0.395 e. The van der Waals surface area contributed by atoms with Gasteiger partial charge in [0.15, 0.2) is 0 Å². The maximum Gasteiger partial charge on any atom is 0.301 e. The van der Waals surface area contributed by atoms with Gasteiger partial charge in [0.05, 0.1) is 12.3 Å². The van der Waals surface area contributed by atoms with Crippen LogP contribution in [-0.2, 0) is 10.2 Å². The lowest BCUT2D eigenvalue weighted by atomic mass is 10.1. The van der Waals surface area contributed by atoms with Gasteiger partial charge in [-0.15, -0.1) is 0 Å². The maximum atomic E-state index is 13.1. The van der Waals surface area contributed by atoms with Gasteiger partial charge in [-0.25, -0.2) is 8.78 Å². The number of hydrogen-bond acceptors (Lipinski definition) is 3. The first-order valence-electron chi connectivity index (χ1n) is 6.29. The van der Waals surface area contributed by atoms with Gasteiger partial charge in [-0.1, -0.05) is 6.42 Å². The van der Waals surface area contributed by atoms with Gasteiger partial charge in [-0.3, -0.25) is 4.72 Å². The Labute approximate surface area is 116 Å². The summed E-state index contributed by atoms with van der Waals surface area (Å²) in [6.07, 6.45) is 2.09. The molecule has 1 heterocycles. The Hall–Kier alpha value is -1.25. The van der Waals surface area contributed by atoms with Crippen LogP contribution in [0.3, 0.4) is 0 Å². The van der Waals surface area contributed by atoms with Gasteiger partial charge in [0, 0.05) is 18.7 Å². The first-order chi connectivity index (χ1) is 9.42. The number of nitrogens with zero attached hydrogens (tertiary/aromatic N) is 1. The van der Waals surface area contributed by atoms with E-state index in [-0.39, 0.29) is 18.8 Å². The van der Waals surface area contributed by atoms with E-state index in [1.54, 1.807) is 0 Å². The number of benzene rings is 1. The standard InChI is InChI=1S/C12H16F2N2O3S/c13-9-5-10(14)7-11(6-9)15-20(18,19)16-4-2-1-3-12(16)8-17/h5-7,12,15,17H,1-4,8H2. The highest BCUT2D eigenvalue weighted by Crippen LogP contribution is 2.22. The van der Waals surface area contributed by atoms with Crippen LogP contribution in [0.1, 0.15) is 19.3 Å². The smallest absolute Gasteiger partial charge is 0.301 e. The van der Waals surface area contributed by atoms with Gasteiger partial charge in [0.2, 0.25) is 0 Å². The SMILES string of the molecule is O=S(=O)(Nc1cc(F)cc(F)c1)N1CCCCC1CO. The molecular weight excluding hydrogens is 290 g/mol. The average Bonchev–Trinajstić information content (AvgIpc) is 2.36. The fourth-order valence-corrected chi connectivity index (χ4v) is 3.76. The van der Waals surface area contributed by atoms with E-state index in [0.29, 0.717) is 18.9 Å². The van der Waals surface area contributed by atoms with Crippen LogP contribution in [0.15, 0.2) is 18.2 Å². The zero-order chi connectivity index (χ0) is 14.8. The van der Waals surface area contributed by atoms with Crippen LogP contribution < -0.4 is 4.72 Å². The third-order valence-corrected chi connectivity index (χ3v) is 4.79. The van der Waals surface area contributed by atoms with Crippen molar-refractivity contribution in [2.75, 3.05) is 17.9 Å². The fraction of sp³-hybridized carbons (Fsp3) is 0.500. The zero-order valence-electron chi connectivity index (χ0n) is 10.7. The summed E-state index contributed by atoms with van der Waals surface area (Å²) < 4.78 is 53.8. The summed E-state index contributed by atoms with van der Waals surface area (Å²) in [6, 6.07) is 1.96. The van der Waals surface area contributed by atoms with E-state index in [4.69, 9.17) is 0 Å². The molecule has 1 aliphatic rings. The Morgan fingerprint density at radius 3 is 2.50 bits per heavy atom. The molecule has 0 radical (unpaired) electrons. The molecule has 0 spiro atoms. The van der Waals surface area contributed by atoms with E-state index < -0.39 is 27.9 Å². The molecule has 1 aliphatic heterocycles. The van der Waals surface area contributed by atoms with Crippen molar-refractivity contribution in [1.82, 2.24) is 4.31 Å². The highest BCUT2D eigenvalue weighted by atomic mass is 32.2. The Balaban J connectivity index is 2.21. The topological polar surface area (TPSA) is 69.6 Å². The van der Waals surface area contributed by atoms with Crippen molar-refractivity contribution in [2.45, 2.75) is 25.3 Å².